The number of nitrogens with zero attached hydrogens (tertiary/aromatic N) is 2. The van der Waals surface area contributed by atoms with E-state index in [9.17, 15) is 24.8 Å². The maximum absolute atomic E-state index is 14.0. The van der Waals surface area contributed by atoms with E-state index in [1.807, 2.05) is 15.9 Å². The van der Waals surface area contributed by atoms with E-state index in [1.54, 1.807) is 12.1 Å². The number of hydrogen-bond donors (Lipinski definition) is 4. The second-order valence-corrected chi connectivity index (χ2v) is 7.16. The summed E-state index contributed by atoms with van der Waals surface area (Å²) >= 11 is 0. The number of β-amino-alcohol motifs (C(OH)–C–C–N with tert-alkyl or cyclic N) is 1. The summed E-state index contributed by atoms with van der Waals surface area (Å²) in [6.07, 6.45) is -1.56. The van der Waals surface area contributed by atoms with Crippen LogP contribution in [-0.2, 0) is 0 Å². The lowest BCUT2D eigenvalue weighted by Gasteiger charge is -2.45. The SMILES string of the molecule is OC[C@@H]1[C@@H](O)[C@H](O)[C@@H](O)CN1C[C@H]1CCCN(c2ccccc2F)C1. The number of benzene rings is 1. The van der Waals surface area contributed by atoms with Crippen LogP contribution in [0.25, 0.3) is 0 Å². The van der Waals surface area contributed by atoms with E-state index in [0.29, 0.717) is 18.8 Å². The summed E-state index contributed by atoms with van der Waals surface area (Å²) in [6, 6.07) is 6.14. The van der Waals surface area contributed by atoms with E-state index >= 15 is 0 Å². The van der Waals surface area contributed by atoms with Crippen LogP contribution in [0.5, 0.6) is 0 Å². The number of likely N-dealkylation sites (tertiary alicyclic amines) is 1. The van der Waals surface area contributed by atoms with Gasteiger partial charge in [0.1, 0.15) is 18.0 Å². The Morgan fingerprint density at radius 2 is 1.84 bits per heavy atom. The first-order valence-corrected chi connectivity index (χ1v) is 8.90. The van der Waals surface area contributed by atoms with E-state index in [1.165, 1.54) is 6.07 Å². The third-order valence-electron chi connectivity index (χ3n) is 5.42. The fourth-order valence-electron chi connectivity index (χ4n) is 4.06. The maximum atomic E-state index is 14.0. The van der Waals surface area contributed by atoms with Gasteiger partial charge in [0.15, 0.2) is 0 Å². The molecule has 2 aliphatic heterocycles. The van der Waals surface area contributed by atoms with Gasteiger partial charge in [-0.25, -0.2) is 4.39 Å². The van der Waals surface area contributed by atoms with Crippen molar-refractivity contribution in [1.82, 2.24) is 4.90 Å². The molecule has 1 aromatic rings. The zero-order valence-electron chi connectivity index (χ0n) is 14.2. The molecule has 25 heavy (non-hydrogen) atoms. The van der Waals surface area contributed by atoms with Crippen LogP contribution in [0, 0.1) is 11.7 Å². The molecule has 5 atom stereocenters. The van der Waals surface area contributed by atoms with Gasteiger partial charge in [0.2, 0.25) is 0 Å². The van der Waals surface area contributed by atoms with Crippen molar-refractivity contribution in [2.24, 2.45) is 5.92 Å². The fraction of sp³-hybridized carbons (Fsp3) is 0.667. The molecule has 7 heteroatoms. The number of rotatable bonds is 4. The molecule has 1 aromatic carbocycles. The van der Waals surface area contributed by atoms with Crippen molar-refractivity contribution in [1.29, 1.82) is 0 Å². The third kappa shape index (κ3) is 3.96. The van der Waals surface area contributed by atoms with Crippen LogP contribution < -0.4 is 4.90 Å². The zero-order chi connectivity index (χ0) is 18.0. The fourth-order valence-corrected chi connectivity index (χ4v) is 4.06. The molecule has 0 bridgehead atoms. The molecule has 6 nitrogen and oxygen atoms in total. The van der Waals surface area contributed by atoms with Crippen molar-refractivity contribution in [3.63, 3.8) is 0 Å². The Hall–Kier alpha value is -1.25. The summed E-state index contributed by atoms with van der Waals surface area (Å²) in [5, 5.41) is 39.4. The largest absolute Gasteiger partial charge is 0.395 e. The van der Waals surface area contributed by atoms with Crippen LogP contribution in [0.1, 0.15) is 12.8 Å². The predicted molar refractivity (Wildman–Crippen MR) is 91.8 cm³/mol. The lowest BCUT2D eigenvalue weighted by molar-refractivity contribution is -0.147. The number of aliphatic hydroxyl groups excluding tert-OH is 4. The van der Waals surface area contributed by atoms with Crippen LogP contribution in [-0.4, -0.2) is 82.5 Å². The molecule has 0 aromatic heterocycles. The molecule has 0 amide bonds. The van der Waals surface area contributed by atoms with Crippen LogP contribution in [0.3, 0.4) is 0 Å². The van der Waals surface area contributed by atoms with Gasteiger partial charge in [0, 0.05) is 26.2 Å². The third-order valence-corrected chi connectivity index (χ3v) is 5.42. The first-order valence-electron chi connectivity index (χ1n) is 8.90. The Morgan fingerprint density at radius 3 is 2.56 bits per heavy atom. The topological polar surface area (TPSA) is 87.4 Å². The van der Waals surface area contributed by atoms with Gasteiger partial charge < -0.3 is 25.3 Å². The number of halogens is 1. The quantitative estimate of drug-likeness (QED) is 0.599. The summed E-state index contributed by atoms with van der Waals surface area (Å²) in [6.45, 7) is 1.99. The van der Waals surface area contributed by atoms with Crippen molar-refractivity contribution in [3.8, 4) is 0 Å². The molecule has 0 aliphatic carbocycles. The van der Waals surface area contributed by atoms with Gasteiger partial charge in [-0.3, -0.25) is 4.90 Å². The molecule has 0 unspecified atom stereocenters. The average Bonchev–Trinajstić information content (AvgIpc) is 2.61. The number of para-hydroxylation sites is 1. The summed E-state index contributed by atoms with van der Waals surface area (Å²) in [4.78, 5) is 3.88. The van der Waals surface area contributed by atoms with Gasteiger partial charge in [0.25, 0.3) is 0 Å². The highest BCUT2D eigenvalue weighted by atomic mass is 19.1. The van der Waals surface area contributed by atoms with Gasteiger partial charge in [0.05, 0.1) is 24.4 Å². The number of aliphatic hydroxyl groups is 4. The molecule has 0 spiro atoms. The van der Waals surface area contributed by atoms with Crippen molar-refractivity contribution < 1.29 is 24.8 Å². The molecule has 0 radical (unpaired) electrons. The van der Waals surface area contributed by atoms with E-state index in [0.717, 1.165) is 19.4 Å². The van der Waals surface area contributed by atoms with Crippen molar-refractivity contribution in [2.75, 3.05) is 37.7 Å². The Bertz CT molecular complexity index is 576. The predicted octanol–water partition coefficient (Wildman–Crippen LogP) is -0.199. The highest BCUT2D eigenvalue weighted by molar-refractivity contribution is 5.47. The molecule has 4 N–H and O–H groups in total. The van der Waals surface area contributed by atoms with E-state index in [4.69, 9.17) is 0 Å². The van der Waals surface area contributed by atoms with Gasteiger partial charge in [-0.1, -0.05) is 12.1 Å². The second kappa shape index (κ2) is 7.97. The molecular formula is C18H27FN2O4. The monoisotopic (exact) mass is 354 g/mol. The van der Waals surface area contributed by atoms with Gasteiger partial charge in [-0.2, -0.15) is 0 Å². The second-order valence-electron chi connectivity index (χ2n) is 7.16. The summed E-state index contributed by atoms with van der Waals surface area (Å²) in [5.41, 5.74) is 0.597. The molecule has 0 saturated carbocycles. The molecule has 2 heterocycles. The molecule has 2 fully saturated rings. The van der Waals surface area contributed by atoms with Gasteiger partial charge >= 0.3 is 0 Å². The van der Waals surface area contributed by atoms with Crippen LogP contribution in [0.2, 0.25) is 0 Å². The number of hydrogen-bond acceptors (Lipinski definition) is 6. The molecule has 140 valence electrons. The Kier molecular flexibility index (Phi) is 5.91. The maximum Gasteiger partial charge on any atom is 0.146 e. The van der Waals surface area contributed by atoms with E-state index in [2.05, 4.69) is 0 Å². The number of piperidine rings is 2. The van der Waals surface area contributed by atoms with Crippen molar-refractivity contribution >= 4 is 5.69 Å². The minimum absolute atomic E-state index is 0.208. The van der Waals surface area contributed by atoms with Crippen LogP contribution in [0.4, 0.5) is 10.1 Å². The first kappa shape index (κ1) is 18.5. The van der Waals surface area contributed by atoms with Gasteiger partial charge in [-0.15, -0.1) is 0 Å². The standard InChI is InChI=1S/C18H27FN2O4/c19-13-5-1-2-6-14(13)20-7-3-4-12(8-20)9-21-10-16(23)18(25)17(24)15(21)11-22/h1-2,5-6,12,15-18,22-25H,3-4,7-11H2/t12-,15+,16-,17+,18+/m0/s1. The molecule has 3 rings (SSSR count). The summed E-state index contributed by atoms with van der Waals surface area (Å²) in [7, 11) is 0. The van der Waals surface area contributed by atoms with Gasteiger partial charge in [-0.05, 0) is 30.9 Å². The lowest BCUT2D eigenvalue weighted by Crippen LogP contribution is -2.63. The minimum atomic E-state index is -1.24. The van der Waals surface area contributed by atoms with Crippen LogP contribution >= 0.6 is 0 Å². The van der Waals surface area contributed by atoms with Crippen molar-refractivity contribution in [3.05, 3.63) is 30.1 Å². The highest BCUT2D eigenvalue weighted by Gasteiger charge is 2.41. The first-order chi connectivity index (χ1) is 12.0. The molecule has 2 aliphatic rings. The summed E-state index contributed by atoms with van der Waals surface area (Å²) in [5.74, 6) is 0.000345. The molecular weight excluding hydrogens is 327 g/mol. The van der Waals surface area contributed by atoms with Crippen molar-refractivity contribution in [2.45, 2.75) is 37.2 Å². The smallest absolute Gasteiger partial charge is 0.146 e. The Morgan fingerprint density at radius 1 is 1.08 bits per heavy atom. The number of anilines is 1. The van der Waals surface area contributed by atoms with E-state index < -0.39 is 24.4 Å². The highest BCUT2D eigenvalue weighted by Crippen LogP contribution is 2.28. The molecule has 2 saturated heterocycles. The lowest BCUT2D eigenvalue weighted by atomic mass is 9.91. The summed E-state index contributed by atoms with van der Waals surface area (Å²) < 4.78 is 14.0. The Labute approximate surface area is 147 Å². The van der Waals surface area contributed by atoms with E-state index in [-0.39, 0.29) is 24.9 Å². The normalized spacial score (nSPS) is 34.3. The zero-order valence-corrected chi connectivity index (χ0v) is 14.2. The Balaban J connectivity index is 1.67. The average molecular weight is 354 g/mol. The minimum Gasteiger partial charge on any atom is -0.395 e. The van der Waals surface area contributed by atoms with Crippen LogP contribution in [0.15, 0.2) is 24.3 Å².